The van der Waals surface area contributed by atoms with Crippen LogP contribution in [-0.2, 0) is 10.5 Å². The summed E-state index contributed by atoms with van der Waals surface area (Å²) in [6.07, 6.45) is 5.60. The highest BCUT2D eigenvalue weighted by molar-refractivity contribution is 7.98. The second-order valence-electron chi connectivity index (χ2n) is 6.34. The zero-order valence-electron chi connectivity index (χ0n) is 14.8. The molecule has 2 heterocycles. The maximum atomic E-state index is 11.5. The molecule has 0 N–H and O–H groups in total. The highest BCUT2D eigenvalue weighted by Gasteiger charge is 2.24. The first-order valence-corrected chi connectivity index (χ1v) is 9.59. The molecule has 1 aliphatic rings. The summed E-state index contributed by atoms with van der Waals surface area (Å²) in [5, 5.41) is 0.948. The second-order valence-corrected chi connectivity index (χ2v) is 7.33. The van der Waals surface area contributed by atoms with Crippen molar-refractivity contribution in [1.82, 2.24) is 14.9 Å². The van der Waals surface area contributed by atoms with E-state index in [0.717, 1.165) is 42.5 Å². The molecule has 1 amide bonds. The SMILES string of the molecule is CC(=O)N(C)C1CCN(c2cncc(SCc3ccccc3)n2)CC1. The third-order valence-corrected chi connectivity index (χ3v) is 5.63. The van der Waals surface area contributed by atoms with Gasteiger partial charge < -0.3 is 9.80 Å². The highest BCUT2D eigenvalue weighted by Crippen LogP contribution is 2.24. The van der Waals surface area contributed by atoms with E-state index in [1.165, 1.54) is 5.56 Å². The quantitative estimate of drug-likeness (QED) is 0.770. The summed E-state index contributed by atoms with van der Waals surface area (Å²) in [6, 6.07) is 10.7. The van der Waals surface area contributed by atoms with E-state index in [0.29, 0.717) is 6.04 Å². The van der Waals surface area contributed by atoms with Gasteiger partial charge in [-0.25, -0.2) is 4.98 Å². The van der Waals surface area contributed by atoms with Crippen molar-refractivity contribution >= 4 is 23.5 Å². The molecule has 25 heavy (non-hydrogen) atoms. The van der Waals surface area contributed by atoms with E-state index >= 15 is 0 Å². The Hall–Kier alpha value is -2.08. The predicted molar refractivity (Wildman–Crippen MR) is 102 cm³/mol. The van der Waals surface area contributed by atoms with Crippen molar-refractivity contribution in [2.45, 2.75) is 36.6 Å². The third kappa shape index (κ3) is 4.72. The van der Waals surface area contributed by atoms with Crippen LogP contribution in [0.1, 0.15) is 25.3 Å². The fourth-order valence-electron chi connectivity index (χ4n) is 3.03. The van der Waals surface area contributed by atoms with Gasteiger partial charge in [0.2, 0.25) is 5.91 Å². The number of carbonyl (C=O) groups excluding carboxylic acids is 1. The summed E-state index contributed by atoms with van der Waals surface area (Å²) < 4.78 is 0. The van der Waals surface area contributed by atoms with E-state index in [4.69, 9.17) is 4.98 Å². The average Bonchev–Trinajstić information content (AvgIpc) is 2.67. The summed E-state index contributed by atoms with van der Waals surface area (Å²) in [4.78, 5) is 24.8. The summed E-state index contributed by atoms with van der Waals surface area (Å²) in [7, 11) is 1.89. The van der Waals surface area contributed by atoms with Crippen LogP contribution in [0.15, 0.2) is 47.8 Å². The number of carbonyl (C=O) groups is 1. The number of hydrogen-bond acceptors (Lipinski definition) is 5. The van der Waals surface area contributed by atoms with Gasteiger partial charge in [0.05, 0.1) is 12.4 Å². The fraction of sp³-hybridized carbons (Fsp3) is 0.421. The third-order valence-electron chi connectivity index (χ3n) is 4.66. The molecule has 1 aromatic carbocycles. The van der Waals surface area contributed by atoms with Gasteiger partial charge in [0.25, 0.3) is 0 Å². The van der Waals surface area contributed by atoms with Crippen molar-refractivity contribution in [1.29, 1.82) is 0 Å². The Morgan fingerprint density at radius 3 is 2.64 bits per heavy atom. The molecule has 0 bridgehead atoms. The van der Waals surface area contributed by atoms with Gasteiger partial charge in [-0.05, 0) is 18.4 Å². The lowest BCUT2D eigenvalue weighted by Crippen LogP contribution is -2.45. The van der Waals surface area contributed by atoms with Gasteiger partial charge in [-0.2, -0.15) is 0 Å². The number of benzene rings is 1. The van der Waals surface area contributed by atoms with Crippen LogP contribution in [0.5, 0.6) is 0 Å². The zero-order valence-corrected chi connectivity index (χ0v) is 15.6. The van der Waals surface area contributed by atoms with E-state index in [2.05, 4.69) is 34.1 Å². The lowest BCUT2D eigenvalue weighted by atomic mass is 10.0. The van der Waals surface area contributed by atoms with Crippen LogP contribution < -0.4 is 4.90 Å². The van der Waals surface area contributed by atoms with Gasteiger partial charge in [0.1, 0.15) is 10.8 Å². The van der Waals surface area contributed by atoms with Crippen molar-refractivity contribution in [2.75, 3.05) is 25.0 Å². The molecule has 0 atom stereocenters. The average molecular weight is 356 g/mol. The van der Waals surface area contributed by atoms with E-state index in [9.17, 15) is 4.79 Å². The van der Waals surface area contributed by atoms with Crippen molar-refractivity contribution in [3.63, 3.8) is 0 Å². The fourth-order valence-corrected chi connectivity index (χ4v) is 3.83. The van der Waals surface area contributed by atoms with Crippen LogP contribution in [0, 0.1) is 0 Å². The normalized spacial score (nSPS) is 15.2. The molecule has 0 radical (unpaired) electrons. The number of aromatic nitrogens is 2. The number of anilines is 1. The van der Waals surface area contributed by atoms with Crippen molar-refractivity contribution in [3.8, 4) is 0 Å². The largest absolute Gasteiger partial charge is 0.355 e. The minimum atomic E-state index is 0.137. The Balaban J connectivity index is 1.58. The Morgan fingerprint density at radius 1 is 1.24 bits per heavy atom. The summed E-state index contributed by atoms with van der Waals surface area (Å²) in [6.45, 7) is 3.44. The first-order chi connectivity index (χ1) is 12.1. The Labute approximate surface area is 153 Å². The van der Waals surface area contributed by atoms with E-state index in [1.807, 2.05) is 30.4 Å². The molecule has 5 nitrogen and oxygen atoms in total. The number of hydrogen-bond donors (Lipinski definition) is 0. The van der Waals surface area contributed by atoms with Gasteiger partial charge in [-0.15, -0.1) is 11.8 Å². The standard InChI is InChI=1S/C19H24N4OS/c1-15(24)22(2)17-8-10-23(11-9-17)18-12-20-13-19(21-18)25-14-16-6-4-3-5-7-16/h3-7,12-13,17H,8-11,14H2,1-2H3. The Bertz CT molecular complexity index is 702. The monoisotopic (exact) mass is 356 g/mol. The van der Waals surface area contributed by atoms with Crippen LogP contribution in [0.2, 0.25) is 0 Å². The molecule has 2 aromatic rings. The molecule has 0 unspecified atom stereocenters. The number of amides is 1. The molecule has 1 aliphatic heterocycles. The molecule has 0 spiro atoms. The second kappa shape index (κ2) is 8.34. The van der Waals surface area contributed by atoms with Crippen molar-refractivity contribution in [2.24, 2.45) is 0 Å². The summed E-state index contributed by atoms with van der Waals surface area (Å²) in [5.41, 5.74) is 1.28. The zero-order chi connectivity index (χ0) is 17.6. The molecule has 3 rings (SSSR count). The van der Waals surface area contributed by atoms with Crippen LogP contribution in [0.3, 0.4) is 0 Å². The molecule has 1 fully saturated rings. The lowest BCUT2D eigenvalue weighted by Gasteiger charge is -2.36. The van der Waals surface area contributed by atoms with Crippen LogP contribution in [0.4, 0.5) is 5.82 Å². The van der Waals surface area contributed by atoms with Crippen molar-refractivity contribution < 1.29 is 4.79 Å². The van der Waals surface area contributed by atoms with Crippen LogP contribution >= 0.6 is 11.8 Å². The molecule has 132 valence electrons. The molecule has 1 saturated heterocycles. The molecule has 0 saturated carbocycles. The molecule has 0 aliphatic carbocycles. The number of piperidine rings is 1. The minimum Gasteiger partial charge on any atom is -0.355 e. The number of thioether (sulfide) groups is 1. The minimum absolute atomic E-state index is 0.137. The predicted octanol–water partition coefficient (Wildman–Crippen LogP) is 3.22. The van der Waals surface area contributed by atoms with Gasteiger partial charge in [0, 0.05) is 38.9 Å². The van der Waals surface area contributed by atoms with Gasteiger partial charge >= 0.3 is 0 Å². The van der Waals surface area contributed by atoms with E-state index < -0.39 is 0 Å². The van der Waals surface area contributed by atoms with Crippen molar-refractivity contribution in [3.05, 3.63) is 48.3 Å². The van der Waals surface area contributed by atoms with Gasteiger partial charge in [-0.3, -0.25) is 9.78 Å². The first kappa shape index (κ1) is 17.7. The lowest BCUT2D eigenvalue weighted by molar-refractivity contribution is -0.129. The van der Waals surface area contributed by atoms with E-state index in [-0.39, 0.29) is 5.91 Å². The summed E-state index contributed by atoms with van der Waals surface area (Å²) >= 11 is 1.71. The Morgan fingerprint density at radius 2 is 1.96 bits per heavy atom. The molecular weight excluding hydrogens is 332 g/mol. The summed E-state index contributed by atoms with van der Waals surface area (Å²) in [5.74, 6) is 1.96. The highest BCUT2D eigenvalue weighted by atomic mass is 32.2. The van der Waals surface area contributed by atoms with Crippen LogP contribution in [-0.4, -0.2) is 47.0 Å². The number of rotatable bonds is 5. The molecule has 6 heteroatoms. The number of nitrogens with zero attached hydrogens (tertiary/aromatic N) is 4. The van der Waals surface area contributed by atoms with Gasteiger partial charge in [0.15, 0.2) is 0 Å². The maximum absolute atomic E-state index is 11.5. The smallest absolute Gasteiger partial charge is 0.219 e. The molecule has 1 aromatic heterocycles. The first-order valence-electron chi connectivity index (χ1n) is 8.60. The Kier molecular flexibility index (Phi) is 5.91. The maximum Gasteiger partial charge on any atom is 0.219 e. The van der Waals surface area contributed by atoms with E-state index in [1.54, 1.807) is 18.7 Å². The molecular formula is C19H24N4OS. The van der Waals surface area contributed by atoms with Crippen LogP contribution in [0.25, 0.3) is 0 Å². The van der Waals surface area contributed by atoms with Gasteiger partial charge in [-0.1, -0.05) is 30.3 Å². The topological polar surface area (TPSA) is 49.3 Å².